The highest BCUT2D eigenvalue weighted by molar-refractivity contribution is 5.91. The molecular formula is C31H37F2N7O2. The smallest absolute Gasteiger partial charge is 0.318 e. The first-order valence-electron chi connectivity index (χ1n) is 14.9. The van der Waals surface area contributed by atoms with E-state index < -0.39 is 17.8 Å². The second-order valence-electron chi connectivity index (χ2n) is 11.8. The van der Waals surface area contributed by atoms with Gasteiger partial charge in [-0.15, -0.1) is 0 Å². The van der Waals surface area contributed by atoms with E-state index in [0.29, 0.717) is 50.7 Å². The maximum absolute atomic E-state index is 15.3. The molecule has 1 aromatic heterocycles. The van der Waals surface area contributed by atoms with Gasteiger partial charge in [0.25, 0.3) is 5.91 Å². The summed E-state index contributed by atoms with van der Waals surface area (Å²) in [6, 6.07) is 5.68. The van der Waals surface area contributed by atoms with Crippen LogP contribution in [0.2, 0.25) is 0 Å². The van der Waals surface area contributed by atoms with E-state index in [1.807, 2.05) is 6.07 Å². The number of carbonyl (C=O) groups is 1. The molecule has 0 N–H and O–H groups in total. The Morgan fingerprint density at radius 1 is 1.10 bits per heavy atom. The molecule has 1 aromatic carbocycles. The van der Waals surface area contributed by atoms with Crippen LogP contribution in [0.3, 0.4) is 0 Å². The summed E-state index contributed by atoms with van der Waals surface area (Å²) in [4.78, 5) is 30.0. The molecule has 0 saturated carbocycles. The molecule has 3 aliphatic heterocycles. The second kappa shape index (κ2) is 11.8. The van der Waals surface area contributed by atoms with Crippen LogP contribution in [0.15, 0.2) is 24.5 Å². The Labute approximate surface area is 245 Å². The molecule has 0 spiro atoms. The molecule has 1 aliphatic carbocycles. The summed E-state index contributed by atoms with van der Waals surface area (Å²) in [5.41, 5.74) is 4.76. The van der Waals surface area contributed by atoms with Gasteiger partial charge in [0.1, 0.15) is 18.2 Å². The number of nitrogens with zero attached hydrogens (tertiary/aromatic N) is 7. The molecule has 0 radical (unpaired) electrons. The highest BCUT2D eigenvalue weighted by atomic mass is 19.1. The molecule has 2 saturated heterocycles. The number of rotatable bonds is 7. The van der Waals surface area contributed by atoms with Crippen molar-refractivity contribution in [3.05, 3.63) is 52.7 Å². The Morgan fingerprint density at radius 2 is 1.95 bits per heavy atom. The van der Waals surface area contributed by atoms with Gasteiger partial charge in [0.15, 0.2) is 5.83 Å². The van der Waals surface area contributed by atoms with Gasteiger partial charge >= 0.3 is 6.01 Å². The lowest BCUT2D eigenvalue weighted by molar-refractivity contribution is -0.131. The van der Waals surface area contributed by atoms with E-state index in [1.54, 1.807) is 6.07 Å². The molecule has 0 unspecified atom stereocenters. The van der Waals surface area contributed by atoms with Crippen molar-refractivity contribution in [3.8, 4) is 12.1 Å². The van der Waals surface area contributed by atoms with Crippen molar-refractivity contribution in [2.45, 2.75) is 63.6 Å². The van der Waals surface area contributed by atoms with Gasteiger partial charge in [-0.2, -0.15) is 15.2 Å². The lowest BCUT2D eigenvalue weighted by atomic mass is 10.0. The predicted molar refractivity (Wildman–Crippen MR) is 155 cm³/mol. The van der Waals surface area contributed by atoms with Gasteiger partial charge in [0, 0.05) is 37.8 Å². The molecule has 4 heterocycles. The van der Waals surface area contributed by atoms with E-state index in [4.69, 9.17) is 14.7 Å². The predicted octanol–water partition coefficient (Wildman–Crippen LogP) is 3.55. The number of likely N-dealkylation sites (N-methyl/N-ethyl adjacent to an activating group) is 1. The summed E-state index contributed by atoms with van der Waals surface area (Å²) in [5, 5.41) is 9.46. The normalized spacial score (nSPS) is 22.1. The van der Waals surface area contributed by atoms with Crippen molar-refractivity contribution < 1.29 is 18.3 Å². The molecule has 6 rings (SSSR count). The third kappa shape index (κ3) is 5.40. The average molecular weight is 578 g/mol. The van der Waals surface area contributed by atoms with Crippen LogP contribution in [0, 0.1) is 17.1 Å². The standard InChI is InChI=1S/C31H37F2N7O2/c1-20(32)30(41)40-16-15-39(17-22(40)10-12-34)29-25-11-14-38(28-24-7-3-5-21(24)8-9-26(28)33)18-27(25)35-31(36-29)42-19-23-6-4-13-37(23)2/h8-9,22-23H,1,3-7,10-11,13-19H2,2H3/t22-,23-/m0/s1. The van der Waals surface area contributed by atoms with Gasteiger partial charge in [0.05, 0.1) is 36.5 Å². The minimum absolute atomic E-state index is 0.0618. The molecule has 9 nitrogen and oxygen atoms in total. The van der Waals surface area contributed by atoms with Crippen molar-refractivity contribution in [3.63, 3.8) is 0 Å². The topological polar surface area (TPSA) is 88.8 Å². The van der Waals surface area contributed by atoms with E-state index >= 15 is 4.39 Å². The monoisotopic (exact) mass is 577 g/mol. The van der Waals surface area contributed by atoms with Gasteiger partial charge < -0.3 is 24.3 Å². The van der Waals surface area contributed by atoms with E-state index in [-0.39, 0.29) is 30.8 Å². The minimum atomic E-state index is -1.03. The van der Waals surface area contributed by atoms with E-state index in [9.17, 15) is 14.4 Å². The summed E-state index contributed by atoms with van der Waals surface area (Å²) >= 11 is 0. The number of hydrogen-bond acceptors (Lipinski definition) is 8. The fourth-order valence-corrected chi connectivity index (χ4v) is 6.98. The Bertz CT molecular complexity index is 1430. The van der Waals surface area contributed by atoms with Crippen molar-refractivity contribution in [2.75, 3.05) is 56.2 Å². The van der Waals surface area contributed by atoms with E-state index in [2.05, 4.69) is 34.4 Å². The van der Waals surface area contributed by atoms with Gasteiger partial charge in [-0.25, -0.2) is 8.78 Å². The summed E-state index contributed by atoms with van der Waals surface area (Å²) in [5.74, 6) is -1.30. The fourth-order valence-electron chi connectivity index (χ4n) is 6.98. The summed E-state index contributed by atoms with van der Waals surface area (Å²) in [6.07, 6.45) is 5.72. The summed E-state index contributed by atoms with van der Waals surface area (Å²) in [6.45, 7) is 6.69. The van der Waals surface area contributed by atoms with Crippen molar-refractivity contribution in [1.29, 1.82) is 5.26 Å². The van der Waals surface area contributed by atoms with Crippen LogP contribution in [0.25, 0.3) is 0 Å². The fraction of sp³-hybridized carbons (Fsp3) is 0.548. The van der Waals surface area contributed by atoms with Crippen molar-refractivity contribution >= 4 is 17.4 Å². The van der Waals surface area contributed by atoms with Gasteiger partial charge in [-0.3, -0.25) is 4.79 Å². The van der Waals surface area contributed by atoms with Crippen LogP contribution in [0.1, 0.15) is 48.1 Å². The maximum atomic E-state index is 15.3. The first-order valence-corrected chi connectivity index (χ1v) is 14.9. The van der Waals surface area contributed by atoms with Gasteiger partial charge in [-0.05, 0) is 69.3 Å². The zero-order chi connectivity index (χ0) is 29.4. The number of aryl methyl sites for hydroxylation is 1. The molecule has 222 valence electrons. The number of hydrogen-bond donors (Lipinski definition) is 0. The van der Waals surface area contributed by atoms with Crippen LogP contribution in [-0.4, -0.2) is 84.1 Å². The third-order valence-electron chi connectivity index (χ3n) is 9.22. The second-order valence-corrected chi connectivity index (χ2v) is 11.8. The maximum Gasteiger partial charge on any atom is 0.318 e. The number of anilines is 2. The molecule has 11 heteroatoms. The Balaban J connectivity index is 1.32. The van der Waals surface area contributed by atoms with E-state index in [1.165, 1.54) is 10.5 Å². The highest BCUT2D eigenvalue weighted by Gasteiger charge is 2.35. The summed E-state index contributed by atoms with van der Waals surface area (Å²) in [7, 11) is 2.09. The quantitative estimate of drug-likeness (QED) is 0.462. The lowest BCUT2D eigenvalue weighted by Crippen LogP contribution is -2.55. The van der Waals surface area contributed by atoms with Crippen LogP contribution < -0.4 is 14.5 Å². The Kier molecular flexibility index (Phi) is 7.99. The zero-order valence-electron chi connectivity index (χ0n) is 24.1. The number of piperazine rings is 1. The van der Waals surface area contributed by atoms with Crippen LogP contribution in [0.5, 0.6) is 6.01 Å². The number of benzene rings is 1. The number of amides is 1. The Morgan fingerprint density at radius 3 is 2.71 bits per heavy atom. The van der Waals surface area contributed by atoms with E-state index in [0.717, 1.165) is 55.5 Å². The first kappa shape index (κ1) is 28.3. The molecule has 42 heavy (non-hydrogen) atoms. The number of fused-ring (bicyclic) bond motifs is 2. The number of carbonyl (C=O) groups excluding carboxylic acids is 1. The molecular weight excluding hydrogens is 540 g/mol. The lowest BCUT2D eigenvalue weighted by Gasteiger charge is -2.42. The SMILES string of the molecule is C=C(F)C(=O)N1CCN(c2nc(OC[C@@H]3CCCN3C)nc3c2CCN(c2c(F)ccc4c2CCC4)C3)C[C@@H]1CC#N. The largest absolute Gasteiger partial charge is 0.462 e. The Hall–Kier alpha value is -3.78. The number of likely N-dealkylation sites (tertiary alicyclic amines) is 1. The van der Waals surface area contributed by atoms with Gasteiger partial charge in [-0.1, -0.05) is 12.6 Å². The molecule has 1 amide bonds. The molecule has 2 fully saturated rings. The molecule has 0 bridgehead atoms. The minimum Gasteiger partial charge on any atom is -0.462 e. The van der Waals surface area contributed by atoms with Crippen molar-refractivity contribution in [1.82, 2.24) is 19.8 Å². The number of nitriles is 1. The van der Waals surface area contributed by atoms with Gasteiger partial charge in [0.2, 0.25) is 0 Å². The third-order valence-corrected chi connectivity index (χ3v) is 9.22. The number of aromatic nitrogens is 2. The summed E-state index contributed by atoms with van der Waals surface area (Å²) < 4.78 is 35.2. The van der Waals surface area contributed by atoms with Crippen LogP contribution in [0.4, 0.5) is 20.3 Å². The molecule has 2 aromatic rings. The van der Waals surface area contributed by atoms with Crippen LogP contribution in [-0.2, 0) is 30.6 Å². The molecule has 2 atom stereocenters. The number of ether oxygens (including phenoxy) is 1. The number of halogens is 2. The van der Waals surface area contributed by atoms with Crippen LogP contribution >= 0.6 is 0 Å². The zero-order valence-corrected chi connectivity index (χ0v) is 24.1. The first-order chi connectivity index (χ1) is 20.3. The van der Waals surface area contributed by atoms with Crippen molar-refractivity contribution in [2.24, 2.45) is 0 Å². The average Bonchev–Trinajstić information content (AvgIpc) is 3.63. The molecule has 4 aliphatic rings. The highest BCUT2D eigenvalue weighted by Crippen LogP contribution is 2.38.